The predicted octanol–water partition coefficient (Wildman–Crippen LogP) is 3.55. The maximum Gasteiger partial charge on any atom is 0.0942 e. The highest BCUT2D eigenvalue weighted by molar-refractivity contribution is 6.09. The number of nitrogens with zero attached hydrogens (tertiary/aromatic N) is 1. The standard InChI is InChI=1S/C21H20N2O2/c24-14-15(25)13-22-18-9-3-6-12-21(18)23-19-10-4-1-7-16(19)17-8-2-5-11-20(17)23/h1-12,15,22,24-25H,13-14H2. The third-order valence-corrected chi connectivity index (χ3v) is 4.46. The molecular weight excluding hydrogens is 312 g/mol. The van der Waals surface area contributed by atoms with Crippen molar-refractivity contribution in [1.29, 1.82) is 0 Å². The summed E-state index contributed by atoms with van der Waals surface area (Å²) in [6.45, 7) is 0.0369. The van der Waals surface area contributed by atoms with E-state index in [1.165, 1.54) is 10.8 Å². The number of aliphatic hydroxyl groups is 2. The number of aliphatic hydroxyl groups excluding tert-OH is 2. The van der Waals surface area contributed by atoms with Crippen LogP contribution in [0.1, 0.15) is 0 Å². The number of para-hydroxylation sites is 4. The molecule has 3 N–H and O–H groups in total. The molecule has 1 aromatic heterocycles. The lowest BCUT2D eigenvalue weighted by molar-refractivity contribution is 0.105. The van der Waals surface area contributed by atoms with E-state index >= 15 is 0 Å². The minimum absolute atomic E-state index is 0.259. The Bertz CT molecular complexity index is 969. The Labute approximate surface area is 146 Å². The van der Waals surface area contributed by atoms with Crippen molar-refractivity contribution >= 4 is 27.5 Å². The molecule has 0 aliphatic rings. The van der Waals surface area contributed by atoms with E-state index in [2.05, 4.69) is 52.3 Å². The van der Waals surface area contributed by atoms with Gasteiger partial charge in [0.1, 0.15) is 0 Å². The van der Waals surface area contributed by atoms with Gasteiger partial charge < -0.3 is 20.1 Å². The van der Waals surface area contributed by atoms with Crippen LogP contribution in [0.4, 0.5) is 5.69 Å². The first-order valence-electron chi connectivity index (χ1n) is 8.40. The Balaban J connectivity index is 1.93. The Morgan fingerprint density at radius 2 is 1.36 bits per heavy atom. The summed E-state index contributed by atoms with van der Waals surface area (Å²) >= 11 is 0. The smallest absolute Gasteiger partial charge is 0.0942 e. The van der Waals surface area contributed by atoms with Gasteiger partial charge in [0.2, 0.25) is 0 Å². The number of aromatic nitrogens is 1. The van der Waals surface area contributed by atoms with Gasteiger partial charge >= 0.3 is 0 Å². The molecule has 3 aromatic carbocycles. The van der Waals surface area contributed by atoms with E-state index in [1.54, 1.807) is 0 Å². The fourth-order valence-corrected chi connectivity index (χ4v) is 3.29. The van der Waals surface area contributed by atoms with Crippen LogP contribution in [0, 0.1) is 0 Å². The molecule has 0 radical (unpaired) electrons. The van der Waals surface area contributed by atoms with Crippen molar-refractivity contribution in [3.05, 3.63) is 72.8 Å². The molecule has 0 spiro atoms. The highest BCUT2D eigenvalue weighted by Gasteiger charge is 2.14. The summed E-state index contributed by atoms with van der Waals surface area (Å²) in [5.41, 5.74) is 4.22. The Morgan fingerprint density at radius 1 is 0.800 bits per heavy atom. The largest absolute Gasteiger partial charge is 0.394 e. The number of fused-ring (bicyclic) bond motifs is 3. The Hall–Kier alpha value is -2.82. The summed E-state index contributed by atoms with van der Waals surface area (Å²) in [5.74, 6) is 0. The molecule has 0 fully saturated rings. The third-order valence-electron chi connectivity index (χ3n) is 4.46. The van der Waals surface area contributed by atoms with Gasteiger partial charge in [0.15, 0.2) is 0 Å². The molecular formula is C21H20N2O2. The van der Waals surface area contributed by atoms with Crippen molar-refractivity contribution < 1.29 is 10.2 Å². The highest BCUT2D eigenvalue weighted by atomic mass is 16.3. The molecule has 0 bridgehead atoms. The number of nitrogens with one attached hydrogen (secondary N) is 1. The van der Waals surface area contributed by atoms with Crippen molar-refractivity contribution in [3.63, 3.8) is 0 Å². The van der Waals surface area contributed by atoms with Crippen LogP contribution in [-0.2, 0) is 0 Å². The number of hydrogen-bond donors (Lipinski definition) is 3. The highest BCUT2D eigenvalue weighted by Crippen LogP contribution is 2.34. The average molecular weight is 332 g/mol. The molecule has 1 unspecified atom stereocenters. The maximum atomic E-state index is 9.66. The summed E-state index contributed by atoms with van der Waals surface area (Å²) in [7, 11) is 0. The van der Waals surface area contributed by atoms with Gasteiger partial charge in [-0.05, 0) is 24.3 Å². The molecule has 1 heterocycles. The monoisotopic (exact) mass is 332 g/mol. The van der Waals surface area contributed by atoms with E-state index in [-0.39, 0.29) is 6.61 Å². The topological polar surface area (TPSA) is 57.4 Å². The molecule has 4 nitrogen and oxygen atoms in total. The van der Waals surface area contributed by atoms with Gasteiger partial charge in [-0.15, -0.1) is 0 Å². The lowest BCUT2D eigenvalue weighted by atomic mass is 10.2. The van der Waals surface area contributed by atoms with Crippen LogP contribution in [-0.4, -0.2) is 34.0 Å². The first-order chi connectivity index (χ1) is 12.3. The van der Waals surface area contributed by atoms with Gasteiger partial charge in [0, 0.05) is 17.3 Å². The molecule has 4 rings (SSSR count). The van der Waals surface area contributed by atoms with E-state index in [9.17, 15) is 5.11 Å². The molecule has 0 saturated heterocycles. The second-order valence-corrected chi connectivity index (χ2v) is 6.10. The van der Waals surface area contributed by atoms with Crippen LogP contribution in [0.5, 0.6) is 0 Å². The van der Waals surface area contributed by atoms with Crippen molar-refractivity contribution in [2.75, 3.05) is 18.5 Å². The first kappa shape index (κ1) is 15.7. The second-order valence-electron chi connectivity index (χ2n) is 6.10. The second kappa shape index (κ2) is 6.59. The number of hydrogen-bond acceptors (Lipinski definition) is 3. The van der Waals surface area contributed by atoms with E-state index < -0.39 is 6.10 Å². The minimum atomic E-state index is -0.786. The minimum Gasteiger partial charge on any atom is -0.394 e. The van der Waals surface area contributed by atoms with Crippen LogP contribution < -0.4 is 5.32 Å². The van der Waals surface area contributed by atoms with E-state index in [1.807, 2.05) is 30.3 Å². The number of anilines is 1. The lowest BCUT2D eigenvalue weighted by Gasteiger charge is -2.16. The quantitative estimate of drug-likeness (QED) is 0.524. The van der Waals surface area contributed by atoms with E-state index in [0.29, 0.717) is 6.54 Å². The summed E-state index contributed by atoms with van der Waals surface area (Å²) in [6.07, 6.45) is -0.786. The fraction of sp³-hybridized carbons (Fsp3) is 0.143. The zero-order valence-corrected chi connectivity index (χ0v) is 13.8. The molecule has 0 amide bonds. The van der Waals surface area contributed by atoms with E-state index in [4.69, 9.17) is 5.11 Å². The lowest BCUT2D eigenvalue weighted by Crippen LogP contribution is -2.23. The summed E-state index contributed by atoms with van der Waals surface area (Å²) in [4.78, 5) is 0. The van der Waals surface area contributed by atoms with Crippen molar-refractivity contribution in [1.82, 2.24) is 4.57 Å². The Morgan fingerprint density at radius 3 is 2.00 bits per heavy atom. The molecule has 0 aliphatic carbocycles. The van der Waals surface area contributed by atoms with Gasteiger partial charge in [-0.2, -0.15) is 0 Å². The van der Waals surface area contributed by atoms with Gasteiger partial charge in [-0.1, -0.05) is 48.5 Å². The number of benzene rings is 3. The van der Waals surface area contributed by atoms with Crippen molar-refractivity contribution in [3.8, 4) is 5.69 Å². The van der Waals surface area contributed by atoms with Crippen LogP contribution in [0.25, 0.3) is 27.5 Å². The van der Waals surface area contributed by atoms with Crippen LogP contribution >= 0.6 is 0 Å². The summed E-state index contributed by atoms with van der Waals surface area (Å²) in [6, 6.07) is 24.7. The molecule has 1 atom stereocenters. The fourth-order valence-electron chi connectivity index (χ4n) is 3.29. The first-order valence-corrected chi connectivity index (χ1v) is 8.40. The van der Waals surface area contributed by atoms with E-state index in [0.717, 1.165) is 22.4 Å². The third kappa shape index (κ3) is 2.76. The van der Waals surface area contributed by atoms with Crippen LogP contribution in [0.3, 0.4) is 0 Å². The predicted molar refractivity (Wildman–Crippen MR) is 102 cm³/mol. The van der Waals surface area contributed by atoms with Crippen molar-refractivity contribution in [2.24, 2.45) is 0 Å². The van der Waals surface area contributed by atoms with Gasteiger partial charge in [0.05, 0.1) is 35.1 Å². The normalized spacial score (nSPS) is 12.6. The zero-order chi connectivity index (χ0) is 17.2. The zero-order valence-electron chi connectivity index (χ0n) is 13.8. The number of rotatable bonds is 5. The SMILES string of the molecule is OCC(O)CNc1ccccc1-n1c2ccccc2c2ccccc21. The van der Waals surface area contributed by atoms with Crippen molar-refractivity contribution in [2.45, 2.75) is 6.10 Å². The average Bonchev–Trinajstić information content (AvgIpc) is 3.01. The maximum absolute atomic E-state index is 9.66. The molecule has 126 valence electrons. The van der Waals surface area contributed by atoms with Crippen LogP contribution in [0.15, 0.2) is 72.8 Å². The Kier molecular flexibility index (Phi) is 4.14. The summed E-state index contributed by atoms with van der Waals surface area (Å²) in [5, 5.41) is 24.4. The molecule has 4 aromatic rings. The van der Waals surface area contributed by atoms with Gasteiger partial charge in [0.25, 0.3) is 0 Å². The molecule has 4 heteroatoms. The van der Waals surface area contributed by atoms with Gasteiger partial charge in [-0.25, -0.2) is 0 Å². The van der Waals surface area contributed by atoms with Crippen LogP contribution in [0.2, 0.25) is 0 Å². The molecule has 0 aliphatic heterocycles. The summed E-state index contributed by atoms with van der Waals surface area (Å²) < 4.78 is 2.23. The van der Waals surface area contributed by atoms with Gasteiger partial charge in [-0.3, -0.25) is 0 Å². The molecule has 0 saturated carbocycles. The molecule has 25 heavy (non-hydrogen) atoms.